The van der Waals surface area contributed by atoms with E-state index < -0.39 is 0 Å². The van der Waals surface area contributed by atoms with Gasteiger partial charge in [-0.05, 0) is 30.5 Å². The number of carbonyl (C=O) groups excluding carboxylic acids is 3. The highest BCUT2D eigenvalue weighted by Crippen LogP contribution is 2.33. The number of thioether (sulfide) groups is 1. The van der Waals surface area contributed by atoms with Crippen molar-refractivity contribution in [1.82, 2.24) is 21.3 Å². The SMILES string of the molecule is C[n+]1ccc(Cc2sc3ccccc3[n+]2CC(=O)NCCOCCOCCOCCNC(=O)CCCC[C@H]2SC[C@H]3NC(=O)N[C@H]32)c2ccccc21. The number of nitrogens with zero attached hydrogens (tertiary/aromatic N) is 2. The highest BCUT2D eigenvalue weighted by molar-refractivity contribution is 8.00. The van der Waals surface area contributed by atoms with Gasteiger partial charge in [-0.2, -0.15) is 16.3 Å². The summed E-state index contributed by atoms with van der Waals surface area (Å²) in [5.74, 6) is 0.941. The first kappa shape index (κ1) is 37.9. The summed E-state index contributed by atoms with van der Waals surface area (Å²) in [6.07, 6.45) is 6.15. The van der Waals surface area contributed by atoms with E-state index in [0.717, 1.165) is 46.7 Å². The number of para-hydroxylation sites is 2. The van der Waals surface area contributed by atoms with Crippen LogP contribution in [0.1, 0.15) is 36.3 Å². The zero-order valence-corrected chi connectivity index (χ0v) is 31.4. The molecule has 2 aliphatic rings. The number of unbranched alkanes of at least 4 members (excludes halogenated alkanes) is 1. The summed E-state index contributed by atoms with van der Waals surface area (Å²) in [4.78, 5) is 36.6. The first-order chi connectivity index (χ1) is 25.5. The quantitative estimate of drug-likeness (QED) is 0.0585. The Morgan fingerprint density at radius 3 is 2.33 bits per heavy atom. The van der Waals surface area contributed by atoms with E-state index in [1.165, 1.54) is 16.5 Å². The Bertz CT molecular complexity index is 1820. The minimum atomic E-state index is -0.0619. The third-order valence-corrected chi connectivity index (χ3v) is 12.1. The van der Waals surface area contributed by atoms with Crippen LogP contribution in [0.15, 0.2) is 60.8 Å². The number of amides is 4. The zero-order chi connectivity index (χ0) is 36.1. The fraction of sp³-hybridized carbons (Fsp3) is 0.500. The van der Waals surface area contributed by atoms with Crippen molar-refractivity contribution in [2.24, 2.45) is 7.05 Å². The van der Waals surface area contributed by atoms with E-state index in [1.54, 1.807) is 11.3 Å². The van der Waals surface area contributed by atoms with Gasteiger partial charge in [0.2, 0.25) is 28.5 Å². The number of rotatable bonds is 21. The number of ether oxygens (including phenoxy) is 3. The van der Waals surface area contributed by atoms with E-state index in [-0.39, 0.29) is 36.5 Å². The second-order valence-corrected chi connectivity index (χ2v) is 15.5. The average Bonchev–Trinajstić information content (AvgIpc) is 3.82. The molecule has 4 N–H and O–H groups in total. The molecule has 2 aliphatic heterocycles. The Labute approximate surface area is 313 Å². The Kier molecular flexibility index (Phi) is 14.1. The third kappa shape index (κ3) is 10.4. The molecule has 2 aromatic heterocycles. The van der Waals surface area contributed by atoms with Crippen LogP contribution in [0.2, 0.25) is 0 Å². The number of hydrogen-bond acceptors (Lipinski definition) is 8. The van der Waals surface area contributed by atoms with Crippen molar-refractivity contribution >= 4 is 62.1 Å². The second-order valence-electron chi connectivity index (χ2n) is 13.1. The van der Waals surface area contributed by atoms with Crippen LogP contribution in [-0.2, 0) is 43.8 Å². The molecule has 2 fully saturated rings. The number of carbonyl (C=O) groups is 3. The standard InChI is InChI=1S/C38H48N6O6S2/c1-43-17-14-27(28-8-2-3-9-30(28)43)24-36-44(31-10-4-5-11-32(31)52-36)25-35(46)40-16-19-49-21-23-50-22-20-48-18-15-39-34(45)13-7-6-12-33-37-29(26-51-33)41-38(47)42-37/h2-5,8-11,14,17,29,33,37H,6-7,12-13,15-16,18-26H2,1H3,(H2-2,39,40,41,42,45,46,47)/p+2/t29-,33-,37-/m1/s1. The van der Waals surface area contributed by atoms with Crippen molar-refractivity contribution in [2.45, 2.75) is 56.0 Å². The summed E-state index contributed by atoms with van der Waals surface area (Å²) in [6, 6.07) is 19.2. The van der Waals surface area contributed by atoms with Gasteiger partial charge in [0.1, 0.15) is 11.7 Å². The number of hydrogen-bond donors (Lipinski definition) is 4. The van der Waals surface area contributed by atoms with Gasteiger partial charge in [0, 0.05) is 48.7 Å². The van der Waals surface area contributed by atoms with E-state index in [1.807, 2.05) is 23.9 Å². The highest BCUT2D eigenvalue weighted by atomic mass is 32.2. The number of benzene rings is 2. The number of thiazole rings is 1. The van der Waals surface area contributed by atoms with Gasteiger partial charge in [-0.3, -0.25) is 9.59 Å². The van der Waals surface area contributed by atoms with Gasteiger partial charge in [0.15, 0.2) is 6.20 Å². The molecule has 2 saturated heterocycles. The number of aryl methyl sites for hydroxylation is 1. The largest absolute Gasteiger partial charge is 0.377 e. The fourth-order valence-corrected chi connectivity index (χ4v) is 9.49. The van der Waals surface area contributed by atoms with Crippen LogP contribution in [-0.4, -0.2) is 93.7 Å². The summed E-state index contributed by atoms with van der Waals surface area (Å²) in [5, 5.41) is 14.6. The predicted octanol–water partition coefficient (Wildman–Crippen LogP) is 2.77. The number of aromatic nitrogens is 2. The molecule has 4 amide bonds. The van der Waals surface area contributed by atoms with Crippen LogP contribution in [0.4, 0.5) is 4.79 Å². The maximum Gasteiger partial charge on any atom is 0.315 e. The van der Waals surface area contributed by atoms with Crippen LogP contribution < -0.4 is 30.4 Å². The summed E-state index contributed by atoms with van der Waals surface area (Å²) < 4.78 is 22.2. The van der Waals surface area contributed by atoms with Gasteiger partial charge in [-0.15, -0.1) is 0 Å². The van der Waals surface area contributed by atoms with E-state index in [0.29, 0.717) is 64.4 Å². The number of pyridine rings is 1. The van der Waals surface area contributed by atoms with Gasteiger partial charge >= 0.3 is 6.03 Å². The monoisotopic (exact) mass is 750 g/mol. The smallest absolute Gasteiger partial charge is 0.315 e. The first-order valence-corrected chi connectivity index (χ1v) is 20.0. The van der Waals surface area contributed by atoms with Gasteiger partial charge in [0.05, 0.1) is 63.5 Å². The van der Waals surface area contributed by atoms with Gasteiger partial charge in [-0.25, -0.2) is 9.36 Å². The normalized spacial score (nSPS) is 18.0. The van der Waals surface area contributed by atoms with Gasteiger partial charge in [-0.1, -0.05) is 42.0 Å². The summed E-state index contributed by atoms with van der Waals surface area (Å²) in [7, 11) is 2.06. The predicted molar refractivity (Wildman–Crippen MR) is 202 cm³/mol. The van der Waals surface area contributed by atoms with Crippen molar-refractivity contribution in [1.29, 1.82) is 0 Å². The lowest BCUT2D eigenvalue weighted by molar-refractivity contribution is -0.661. The van der Waals surface area contributed by atoms with Crippen molar-refractivity contribution < 1.29 is 37.7 Å². The lowest BCUT2D eigenvalue weighted by atomic mass is 10.0. The average molecular weight is 751 g/mol. The molecule has 2 aromatic carbocycles. The van der Waals surface area contributed by atoms with E-state index in [4.69, 9.17) is 14.2 Å². The molecule has 278 valence electrons. The molecule has 4 heterocycles. The van der Waals surface area contributed by atoms with E-state index >= 15 is 0 Å². The van der Waals surface area contributed by atoms with Crippen LogP contribution in [0.25, 0.3) is 21.1 Å². The molecule has 0 unspecified atom stereocenters. The molecular formula is C38H50N6O6S2+2. The van der Waals surface area contributed by atoms with Crippen molar-refractivity contribution in [3.63, 3.8) is 0 Å². The summed E-state index contributed by atoms with van der Waals surface area (Å²) in [5.41, 5.74) is 3.47. The second kappa shape index (κ2) is 19.3. The molecule has 0 bridgehead atoms. The molecule has 3 atom stereocenters. The molecular weight excluding hydrogens is 701 g/mol. The van der Waals surface area contributed by atoms with Crippen molar-refractivity contribution in [3.05, 3.63) is 71.4 Å². The third-order valence-electron chi connectivity index (χ3n) is 9.42. The van der Waals surface area contributed by atoms with Gasteiger partial charge in [0.25, 0.3) is 5.91 Å². The molecule has 0 aliphatic carbocycles. The maximum atomic E-state index is 13.0. The van der Waals surface area contributed by atoms with Crippen LogP contribution in [0.3, 0.4) is 0 Å². The van der Waals surface area contributed by atoms with Gasteiger partial charge < -0.3 is 35.5 Å². The van der Waals surface area contributed by atoms with Crippen LogP contribution in [0.5, 0.6) is 0 Å². The Morgan fingerprint density at radius 1 is 0.846 bits per heavy atom. The van der Waals surface area contributed by atoms with Crippen LogP contribution >= 0.6 is 23.1 Å². The topological polar surface area (TPSA) is 135 Å². The van der Waals surface area contributed by atoms with E-state index in [9.17, 15) is 14.4 Å². The fourth-order valence-electron chi connectivity index (χ4n) is 6.76. The Morgan fingerprint density at radius 2 is 1.54 bits per heavy atom. The number of nitrogens with one attached hydrogen (secondary N) is 4. The van der Waals surface area contributed by atoms with Crippen LogP contribution in [0, 0.1) is 0 Å². The molecule has 4 aromatic rings. The van der Waals surface area contributed by atoms with Crippen molar-refractivity contribution in [2.75, 3.05) is 58.5 Å². The Balaban J connectivity index is 0.784. The summed E-state index contributed by atoms with van der Waals surface area (Å²) in [6.45, 7) is 3.71. The molecule has 0 saturated carbocycles. The highest BCUT2D eigenvalue weighted by Gasteiger charge is 2.42. The molecule has 12 nitrogen and oxygen atoms in total. The molecule has 14 heteroatoms. The zero-order valence-electron chi connectivity index (χ0n) is 29.8. The molecule has 6 rings (SSSR count). The Hall–Kier alpha value is -3.82. The van der Waals surface area contributed by atoms with E-state index in [2.05, 4.69) is 86.1 Å². The summed E-state index contributed by atoms with van der Waals surface area (Å²) >= 11 is 3.63. The lowest BCUT2D eigenvalue weighted by Gasteiger charge is -2.16. The molecule has 52 heavy (non-hydrogen) atoms. The molecule has 0 spiro atoms. The number of fused-ring (bicyclic) bond motifs is 3. The minimum absolute atomic E-state index is 0.0377. The maximum absolute atomic E-state index is 13.0. The molecule has 0 radical (unpaired) electrons. The van der Waals surface area contributed by atoms with Crippen molar-refractivity contribution in [3.8, 4) is 0 Å². The minimum Gasteiger partial charge on any atom is -0.377 e. The lowest BCUT2D eigenvalue weighted by Crippen LogP contribution is -2.45. The number of urea groups is 1. The first-order valence-electron chi connectivity index (χ1n) is 18.2.